The quantitative estimate of drug-likeness (QED) is 0.167. The molecule has 0 unspecified atom stereocenters. The minimum atomic E-state index is -0.518. The van der Waals surface area contributed by atoms with Crippen LogP contribution in [0, 0.1) is 0 Å². The lowest BCUT2D eigenvalue weighted by Crippen LogP contribution is -2.43. The molecule has 2 spiro atoms. The van der Waals surface area contributed by atoms with E-state index < -0.39 is 10.8 Å². The highest BCUT2D eigenvalue weighted by Crippen LogP contribution is 2.67. The van der Waals surface area contributed by atoms with Gasteiger partial charge in [-0.15, -0.1) is 0 Å². The van der Waals surface area contributed by atoms with Gasteiger partial charge in [0.25, 0.3) is 0 Å². The molecule has 1 aromatic heterocycles. The smallest absolute Gasteiger partial charge is 0.136 e. The highest BCUT2D eigenvalue weighted by Gasteiger charge is 2.58. The first kappa shape index (κ1) is 29.5. The van der Waals surface area contributed by atoms with Crippen molar-refractivity contribution in [2.75, 3.05) is 0 Å². The Morgan fingerprint density at radius 3 is 1.33 bits per heavy atom. The largest absolute Gasteiger partial charge is 0.456 e. The summed E-state index contributed by atoms with van der Waals surface area (Å²) in [5.41, 5.74) is 19.3. The van der Waals surface area contributed by atoms with E-state index in [1.807, 2.05) is 0 Å². The van der Waals surface area contributed by atoms with Crippen LogP contribution in [0.1, 0.15) is 44.5 Å². The summed E-state index contributed by atoms with van der Waals surface area (Å²) < 4.78 is 6.43. The molecule has 0 saturated heterocycles. The summed E-state index contributed by atoms with van der Waals surface area (Å²) in [6, 6.07) is 72.8. The van der Waals surface area contributed by atoms with Gasteiger partial charge in [-0.2, -0.15) is 0 Å². The van der Waals surface area contributed by atoms with Crippen LogP contribution in [0.4, 0.5) is 0 Å². The van der Waals surface area contributed by atoms with Crippen LogP contribution in [0.2, 0.25) is 0 Å². The van der Waals surface area contributed by atoms with E-state index in [4.69, 9.17) is 4.42 Å². The molecule has 0 fully saturated rings. The Balaban J connectivity index is 1.12. The van der Waals surface area contributed by atoms with E-state index in [1.165, 1.54) is 94.0 Å². The molecule has 0 aliphatic heterocycles. The molecule has 10 aromatic rings. The average molecular weight is 697 g/mol. The van der Waals surface area contributed by atoms with Gasteiger partial charge in [-0.1, -0.05) is 170 Å². The Bertz CT molecular complexity index is 3190. The minimum absolute atomic E-state index is 0.447. The van der Waals surface area contributed by atoms with E-state index in [0.717, 1.165) is 16.6 Å². The number of hydrogen-bond acceptors (Lipinski definition) is 1. The maximum atomic E-state index is 6.43. The van der Waals surface area contributed by atoms with Gasteiger partial charge in [0.15, 0.2) is 0 Å². The Hall–Kier alpha value is -6.96. The zero-order valence-corrected chi connectivity index (χ0v) is 29.9. The van der Waals surface area contributed by atoms with Crippen molar-refractivity contribution in [1.82, 2.24) is 0 Å². The van der Waals surface area contributed by atoms with Crippen LogP contribution in [0.25, 0.3) is 66.1 Å². The molecule has 0 bridgehead atoms. The summed E-state index contributed by atoms with van der Waals surface area (Å²) in [5.74, 6) is 0. The van der Waals surface area contributed by atoms with Crippen molar-refractivity contribution in [2.24, 2.45) is 0 Å². The van der Waals surface area contributed by atoms with Gasteiger partial charge in [-0.05, 0) is 113 Å². The second-order valence-electron chi connectivity index (χ2n) is 15.5. The van der Waals surface area contributed by atoms with Gasteiger partial charge in [-0.25, -0.2) is 0 Å². The molecule has 1 nitrogen and oxygen atoms in total. The molecule has 0 radical (unpaired) electrons. The summed E-state index contributed by atoms with van der Waals surface area (Å²) >= 11 is 0. The second kappa shape index (κ2) is 10.4. The number of benzene rings is 9. The predicted octanol–water partition coefficient (Wildman–Crippen LogP) is 13.4. The van der Waals surface area contributed by atoms with Gasteiger partial charge < -0.3 is 4.42 Å². The van der Waals surface area contributed by atoms with E-state index in [1.54, 1.807) is 0 Å². The normalized spacial score (nSPS) is 14.8. The van der Waals surface area contributed by atoms with Gasteiger partial charge in [0.1, 0.15) is 11.2 Å². The highest BCUT2D eigenvalue weighted by atomic mass is 16.3. The summed E-state index contributed by atoms with van der Waals surface area (Å²) in [6.07, 6.45) is 0. The minimum Gasteiger partial charge on any atom is -0.456 e. The monoisotopic (exact) mass is 696 g/mol. The Morgan fingerprint density at radius 1 is 0.291 bits per heavy atom. The standard InChI is InChI=1S/C54H32O/c1-2-14-36-33(13-1)26-30-51-52(36)41-31-34(27-29-50(41)55-51)35-25-28-40-39-17-5-8-20-44(39)54(49(40)32-35)47-23-11-9-21-45(47)53(46-22-10-12-24-48(46)54)42-18-6-3-15-37(42)38-16-4-7-19-43(38)53/h1-32H. The Labute approximate surface area is 318 Å². The van der Waals surface area contributed by atoms with Crippen LogP contribution in [0.5, 0.6) is 0 Å². The van der Waals surface area contributed by atoms with Crippen LogP contribution in [0.15, 0.2) is 199 Å². The maximum absolute atomic E-state index is 6.43. The molecular formula is C54H32O. The van der Waals surface area contributed by atoms with E-state index in [-0.39, 0.29) is 0 Å². The van der Waals surface area contributed by atoms with Crippen LogP contribution in [-0.4, -0.2) is 0 Å². The second-order valence-corrected chi connectivity index (χ2v) is 15.5. The lowest BCUT2D eigenvalue weighted by Gasteiger charge is -2.48. The van der Waals surface area contributed by atoms with Crippen molar-refractivity contribution >= 4 is 32.7 Å². The molecule has 1 heteroatoms. The summed E-state index contributed by atoms with van der Waals surface area (Å²) in [6.45, 7) is 0. The lowest BCUT2D eigenvalue weighted by atomic mass is 9.52. The van der Waals surface area contributed by atoms with Crippen LogP contribution < -0.4 is 0 Å². The summed E-state index contributed by atoms with van der Waals surface area (Å²) in [4.78, 5) is 0. The molecular weight excluding hydrogens is 665 g/mol. The molecule has 3 aliphatic carbocycles. The molecule has 13 rings (SSSR count). The Kier molecular flexibility index (Phi) is 5.56. The summed E-state index contributed by atoms with van der Waals surface area (Å²) in [5, 5.41) is 4.77. The van der Waals surface area contributed by atoms with Crippen molar-refractivity contribution in [3.63, 3.8) is 0 Å². The molecule has 9 aromatic carbocycles. The fraction of sp³-hybridized carbons (Fsp3) is 0.0370. The molecule has 0 amide bonds. The first-order valence-electron chi connectivity index (χ1n) is 19.3. The summed E-state index contributed by atoms with van der Waals surface area (Å²) in [7, 11) is 0. The molecule has 0 N–H and O–H groups in total. The molecule has 55 heavy (non-hydrogen) atoms. The zero-order chi connectivity index (χ0) is 35.9. The topological polar surface area (TPSA) is 13.1 Å². The third-order valence-electron chi connectivity index (χ3n) is 13.2. The SMILES string of the molecule is c1ccc2c(c1)-c1ccccc1C21c2ccccc2C2(c3ccccc3-c3ccc(-c4ccc5oc6ccc7ccccc7c6c5c4)cc32)c2ccccc21. The zero-order valence-electron chi connectivity index (χ0n) is 29.9. The van der Waals surface area contributed by atoms with Gasteiger partial charge in [0, 0.05) is 10.8 Å². The van der Waals surface area contributed by atoms with Gasteiger partial charge >= 0.3 is 0 Å². The van der Waals surface area contributed by atoms with Crippen molar-refractivity contribution in [3.8, 4) is 33.4 Å². The molecule has 0 saturated carbocycles. The third kappa shape index (κ3) is 3.46. The first-order chi connectivity index (χ1) is 27.3. The lowest BCUT2D eigenvalue weighted by molar-refractivity contribution is 0.633. The number of fused-ring (bicyclic) bond motifs is 21. The number of rotatable bonds is 1. The molecule has 254 valence electrons. The van der Waals surface area contributed by atoms with Crippen molar-refractivity contribution in [3.05, 3.63) is 239 Å². The average Bonchev–Trinajstić information content (AvgIpc) is 3.88. The van der Waals surface area contributed by atoms with Gasteiger partial charge in [0.05, 0.1) is 10.8 Å². The van der Waals surface area contributed by atoms with Crippen LogP contribution >= 0.6 is 0 Å². The van der Waals surface area contributed by atoms with Gasteiger partial charge in [-0.3, -0.25) is 0 Å². The first-order valence-corrected chi connectivity index (χ1v) is 19.3. The van der Waals surface area contributed by atoms with E-state index in [0.29, 0.717) is 0 Å². The van der Waals surface area contributed by atoms with Crippen molar-refractivity contribution in [2.45, 2.75) is 10.8 Å². The molecule has 1 heterocycles. The van der Waals surface area contributed by atoms with Crippen molar-refractivity contribution < 1.29 is 4.42 Å². The van der Waals surface area contributed by atoms with Crippen LogP contribution in [0.3, 0.4) is 0 Å². The van der Waals surface area contributed by atoms with E-state index in [2.05, 4.69) is 194 Å². The molecule has 3 aliphatic rings. The fourth-order valence-electron chi connectivity index (χ4n) is 11.1. The van der Waals surface area contributed by atoms with Crippen LogP contribution in [-0.2, 0) is 10.8 Å². The number of hydrogen-bond donors (Lipinski definition) is 0. The Morgan fingerprint density at radius 2 is 0.727 bits per heavy atom. The predicted molar refractivity (Wildman–Crippen MR) is 225 cm³/mol. The van der Waals surface area contributed by atoms with E-state index >= 15 is 0 Å². The maximum Gasteiger partial charge on any atom is 0.136 e. The van der Waals surface area contributed by atoms with Crippen molar-refractivity contribution in [1.29, 1.82) is 0 Å². The number of furan rings is 1. The molecule has 0 atom stereocenters. The third-order valence-corrected chi connectivity index (χ3v) is 13.2. The van der Waals surface area contributed by atoms with Gasteiger partial charge in [0.2, 0.25) is 0 Å². The highest BCUT2D eigenvalue weighted by molar-refractivity contribution is 6.19. The fourth-order valence-corrected chi connectivity index (χ4v) is 11.1. The van der Waals surface area contributed by atoms with E-state index in [9.17, 15) is 0 Å².